The third-order valence-electron chi connectivity index (χ3n) is 2.86. The van der Waals surface area contributed by atoms with Crippen molar-refractivity contribution in [2.24, 2.45) is 0 Å². The fraction of sp³-hybridized carbons (Fsp3) is 0.545. The van der Waals surface area contributed by atoms with Gasteiger partial charge in [-0.3, -0.25) is 4.79 Å². The standard InChI is InChI=1S/C11H16N4O3S/c1-2-12-10-8-13-9(7-14-10)11(16)15-3-5-19(17,18)6-4-15/h7-8H,2-6H2,1H3,(H,12,14). The van der Waals surface area contributed by atoms with Gasteiger partial charge in [0.2, 0.25) is 0 Å². The van der Waals surface area contributed by atoms with Gasteiger partial charge in [0, 0.05) is 19.6 Å². The van der Waals surface area contributed by atoms with Gasteiger partial charge in [0.05, 0.1) is 23.9 Å². The van der Waals surface area contributed by atoms with Crippen LogP contribution in [-0.4, -0.2) is 60.3 Å². The molecule has 1 aliphatic heterocycles. The molecule has 0 atom stereocenters. The molecular weight excluding hydrogens is 268 g/mol. The summed E-state index contributed by atoms with van der Waals surface area (Å²) >= 11 is 0. The Balaban J connectivity index is 2.04. The molecule has 0 aliphatic carbocycles. The van der Waals surface area contributed by atoms with Crippen LogP contribution in [0, 0.1) is 0 Å². The Kier molecular flexibility index (Phi) is 3.98. The largest absolute Gasteiger partial charge is 0.369 e. The minimum atomic E-state index is -2.99. The van der Waals surface area contributed by atoms with Crippen LogP contribution in [0.1, 0.15) is 17.4 Å². The van der Waals surface area contributed by atoms with E-state index in [1.807, 2.05) is 6.92 Å². The van der Waals surface area contributed by atoms with Crippen molar-refractivity contribution in [2.75, 3.05) is 36.5 Å². The van der Waals surface area contributed by atoms with Gasteiger partial charge in [0.25, 0.3) is 5.91 Å². The molecule has 2 heterocycles. The lowest BCUT2D eigenvalue weighted by molar-refractivity contribution is 0.0764. The number of hydrogen-bond donors (Lipinski definition) is 1. The topological polar surface area (TPSA) is 92.3 Å². The minimum Gasteiger partial charge on any atom is -0.369 e. The lowest BCUT2D eigenvalue weighted by Crippen LogP contribution is -2.44. The van der Waals surface area contributed by atoms with Crippen molar-refractivity contribution in [3.8, 4) is 0 Å². The van der Waals surface area contributed by atoms with E-state index in [4.69, 9.17) is 0 Å². The first kappa shape index (κ1) is 13.7. The Labute approximate surface area is 112 Å². The third-order valence-corrected chi connectivity index (χ3v) is 4.47. The molecule has 7 nitrogen and oxygen atoms in total. The van der Waals surface area contributed by atoms with Crippen molar-refractivity contribution in [1.82, 2.24) is 14.9 Å². The second kappa shape index (κ2) is 5.52. The highest BCUT2D eigenvalue weighted by molar-refractivity contribution is 7.91. The Hall–Kier alpha value is -1.70. The summed E-state index contributed by atoms with van der Waals surface area (Å²) < 4.78 is 22.6. The molecule has 1 aromatic heterocycles. The van der Waals surface area contributed by atoms with Crippen LogP contribution < -0.4 is 5.32 Å². The summed E-state index contributed by atoms with van der Waals surface area (Å²) in [6.45, 7) is 3.11. The SMILES string of the molecule is CCNc1cnc(C(=O)N2CCS(=O)(=O)CC2)cn1. The molecule has 1 N–H and O–H groups in total. The second-order valence-corrected chi connectivity index (χ2v) is 6.56. The molecular formula is C11H16N4O3S. The fourth-order valence-corrected chi connectivity index (χ4v) is 2.99. The first-order valence-corrected chi connectivity index (χ1v) is 7.89. The van der Waals surface area contributed by atoms with Crippen molar-refractivity contribution in [2.45, 2.75) is 6.92 Å². The van der Waals surface area contributed by atoms with Gasteiger partial charge < -0.3 is 10.2 Å². The maximum absolute atomic E-state index is 12.1. The predicted octanol–water partition coefficient (Wildman–Crippen LogP) is -0.221. The number of nitrogens with one attached hydrogen (secondary N) is 1. The summed E-state index contributed by atoms with van der Waals surface area (Å²) in [4.78, 5) is 21.7. The molecule has 8 heteroatoms. The molecule has 1 aromatic rings. The summed E-state index contributed by atoms with van der Waals surface area (Å²) in [5, 5.41) is 2.99. The number of hydrogen-bond acceptors (Lipinski definition) is 6. The first-order valence-electron chi connectivity index (χ1n) is 6.07. The number of rotatable bonds is 3. The molecule has 0 aromatic carbocycles. The molecule has 1 saturated heterocycles. The number of aromatic nitrogens is 2. The van der Waals surface area contributed by atoms with Gasteiger partial charge in [0.1, 0.15) is 11.5 Å². The van der Waals surface area contributed by atoms with E-state index in [-0.39, 0.29) is 36.2 Å². The van der Waals surface area contributed by atoms with E-state index in [1.165, 1.54) is 17.3 Å². The monoisotopic (exact) mass is 284 g/mol. The van der Waals surface area contributed by atoms with Crippen LogP contribution in [0.4, 0.5) is 5.82 Å². The van der Waals surface area contributed by atoms with E-state index >= 15 is 0 Å². The Morgan fingerprint density at radius 3 is 2.53 bits per heavy atom. The van der Waals surface area contributed by atoms with Crippen LogP contribution in [0.3, 0.4) is 0 Å². The summed E-state index contributed by atoms with van der Waals surface area (Å²) in [5.41, 5.74) is 0.237. The maximum atomic E-state index is 12.1. The Morgan fingerprint density at radius 1 is 1.32 bits per heavy atom. The molecule has 1 aliphatic rings. The van der Waals surface area contributed by atoms with E-state index in [9.17, 15) is 13.2 Å². The van der Waals surface area contributed by atoms with Crippen molar-refractivity contribution in [3.05, 3.63) is 18.1 Å². The van der Waals surface area contributed by atoms with Crippen molar-refractivity contribution < 1.29 is 13.2 Å². The smallest absolute Gasteiger partial charge is 0.274 e. The zero-order chi connectivity index (χ0) is 13.9. The van der Waals surface area contributed by atoms with Crippen LogP contribution in [0.25, 0.3) is 0 Å². The summed E-state index contributed by atoms with van der Waals surface area (Å²) in [6.07, 6.45) is 2.90. The van der Waals surface area contributed by atoms with E-state index < -0.39 is 9.84 Å². The highest BCUT2D eigenvalue weighted by Crippen LogP contribution is 2.09. The lowest BCUT2D eigenvalue weighted by Gasteiger charge is -2.26. The molecule has 0 saturated carbocycles. The van der Waals surface area contributed by atoms with E-state index in [0.717, 1.165) is 6.54 Å². The van der Waals surface area contributed by atoms with Gasteiger partial charge in [-0.1, -0.05) is 0 Å². The van der Waals surface area contributed by atoms with Crippen LogP contribution in [0.2, 0.25) is 0 Å². The number of carbonyl (C=O) groups is 1. The predicted molar refractivity (Wildman–Crippen MR) is 70.8 cm³/mol. The number of amides is 1. The van der Waals surface area contributed by atoms with Crippen molar-refractivity contribution in [1.29, 1.82) is 0 Å². The molecule has 0 unspecified atom stereocenters. The van der Waals surface area contributed by atoms with Gasteiger partial charge in [-0.25, -0.2) is 18.4 Å². The van der Waals surface area contributed by atoms with Crippen molar-refractivity contribution >= 4 is 21.6 Å². The third kappa shape index (κ3) is 3.40. The average Bonchev–Trinajstić information content (AvgIpc) is 2.39. The molecule has 1 fully saturated rings. The number of carbonyl (C=O) groups excluding carboxylic acids is 1. The average molecular weight is 284 g/mol. The van der Waals surface area contributed by atoms with Crippen molar-refractivity contribution in [3.63, 3.8) is 0 Å². The van der Waals surface area contributed by atoms with Crippen LogP contribution in [-0.2, 0) is 9.84 Å². The summed E-state index contributed by atoms with van der Waals surface area (Å²) in [7, 11) is -2.99. The van der Waals surface area contributed by atoms with Gasteiger partial charge in [0.15, 0.2) is 9.84 Å². The number of anilines is 1. The summed E-state index contributed by atoms with van der Waals surface area (Å²) in [6, 6.07) is 0. The highest BCUT2D eigenvalue weighted by Gasteiger charge is 2.26. The van der Waals surface area contributed by atoms with Gasteiger partial charge in [-0.05, 0) is 6.92 Å². The van der Waals surface area contributed by atoms with E-state index in [2.05, 4.69) is 15.3 Å². The lowest BCUT2D eigenvalue weighted by atomic mass is 10.3. The van der Waals surface area contributed by atoms with Crippen LogP contribution in [0.15, 0.2) is 12.4 Å². The second-order valence-electron chi connectivity index (χ2n) is 4.26. The minimum absolute atomic E-state index is 0.0155. The Bertz CT molecular complexity index is 542. The highest BCUT2D eigenvalue weighted by atomic mass is 32.2. The molecule has 0 radical (unpaired) electrons. The molecule has 2 rings (SSSR count). The zero-order valence-corrected chi connectivity index (χ0v) is 11.5. The summed E-state index contributed by atoms with van der Waals surface area (Å²) in [5.74, 6) is 0.370. The van der Waals surface area contributed by atoms with Gasteiger partial charge in [-0.15, -0.1) is 0 Å². The molecule has 1 amide bonds. The van der Waals surface area contributed by atoms with Crippen LogP contribution >= 0.6 is 0 Å². The normalized spacial score (nSPS) is 18.1. The maximum Gasteiger partial charge on any atom is 0.274 e. The van der Waals surface area contributed by atoms with Crippen LogP contribution in [0.5, 0.6) is 0 Å². The van der Waals surface area contributed by atoms with E-state index in [0.29, 0.717) is 5.82 Å². The molecule has 0 bridgehead atoms. The zero-order valence-electron chi connectivity index (χ0n) is 10.7. The first-order chi connectivity index (χ1) is 9.02. The van der Waals surface area contributed by atoms with Gasteiger partial charge in [-0.2, -0.15) is 0 Å². The van der Waals surface area contributed by atoms with E-state index in [1.54, 1.807) is 0 Å². The number of sulfone groups is 1. The number of nitrogens with zero attached hydrogens (tertiary/aromatic N) is 3. The molecule has 0 spiro atoms. The fourth-order valence-electron chi connectivity index (χ4n) is 1.79. The quantitative estimate of drug-likeness (QED) is 0.825. The molecule has 19 heavy (non-hydrogen) atoms. The Morgan fingerprint density at radius 2 is 2.00 bits per heavy atom. The van der Waals surface area contributed by atoms with Gasteiger partial charge >= 0.3 is 0 Å². The molecule has 104 valence electrons.